The molecule has 1 aromatic heterocycles. The summed E-state index contributed by atoms with van der Waals surface area (Å²) in [6.07, 6.45) is 0. The lowest BCUT2D eigenvalue weighted by molar-refractivity contribution is -0.130. The minimum atomic E-state index is -0.808. The fourth-order valence-electron chi connectivity index (χ4n) is 2.50. The smallest absolute Gasteiger partial charge is 0.290 e. The monoisotopic (exact) mass is 364 g/mol. The van der Waals surface area contributed by atoms with Crippen LogP contribution in [0.5, 0.6) is 11.7 Å². The molecule has 2 amide bonds. The predicted molar refractivity (Wildman–Crippen MR) is 101 cm³/mol. The minimum absolute atomic E-state index is 0.0634. The highest BCUT2D eigenvalue weighted by Gasteiger charge is 2.26. The topological polar surface area (TPSA) is 71.8 Å². The average molecular weight is 364 g/mol. The van der Waals surface area contributed by atoms with Gasteiger partial charge in [-0.15, -0.1) is 0 Å². The number of para-hydroxylation sites is 1. The molecule has 0 unspecified atom stereocenters. The van der Waals surface area contributed by atoms with Crippen molar-refractivity contribution in [2.45, 2.75) is 6.04 Å². The van der Waals surface area contributed by atoms with Crippen LogP contribution in [0.3, 0.4) is 0 Å². The van der Waals surface area contributed by atoms with E-state index < -0.39 is 11.9 Å². The number of nitrogens with one attached hydrogen (secondary N) is 1. The predicted octanol–water partition coefficient (Wildman–Crippen LogP) is 3.63. The summed E-state index contributed by atoms with van der Waals surface area (Å²) in [5, 5.41) is 2.73. The highest BCUT2D eigenvalue weighted by atomic mass is 16.6. The molecule has 1 atom stereocenters. The molecule has 1 N–H and O–H groups in total. The van der Waals surface area contributed by atoms with Crippen molar-refractivity contribution < 1.29 is 18.7 Å². The Balaban J connectivity index is 1.75. The van der Waals surface area contributed by atoms with E-state index in [1.807, 2.05) is 36.4 Å². The lowest BCUT2D eigenvalue weighted by Crippen LogP contribution is -2.39. The van der Waals surface area contributed by atoms with Crippen LogP contribution in [0.1, 0.15) is 22.2 Å². The Morgan fingerprint density at radius 3 is 2.19 bits per heavy atom. The fraction of sp³-hybridized carbons (Fsp3) is 0.143. The summed E-state index contributed by atoms with van der Waals surface area (Å²) >= 11 is 0. The Labute approximate surface area is 157 Å². The Morgan fingerprint density at radius 2 is 1.56 bits per heavy atom. The maximum Gasteiger partial charge on any atom is 0.290 e. The second-order valence-corrected chi connectivity index (χ2v) is 6.08. The van der Waals surface area contributed by atoms with Gasteiger partial charge in [0.25, 0.3) is 11.9 Å². The summed E-state index contributed by atoms with van der Waals surface area (Å²) in [5.74, 6) is 0.127. The van der Waals surface area contributed by atoms with Crippen LogP contribution in [0.4, 0.5) is 0 Å². The Hall–Kier alpha value is -3.54. The maximum absolute atomic E-state index is 12.6. The number of ether oxygens (including phenoxy) is 1. The van der Waals surface area contributed by atoms with Gasteiger partial charge in [-0.05, 0) is 23.8 Å². The van der Waals surface area contributed by atoms with Crippen molar-refractivity contribution in [2.24, 2.45) is 0 Å². The molecule has 0 aliphatic heterocycles. The molecule has 0 spiro atoms. The first kappa shape index (κ1) is 18.3. The first-order valence-electron chi connectivity index (χ1n) is 8.44. The highest BCUT2D eigenvalue weighted by Crippen LogP contribution is 2.24. The van der Waals surface area contributed by atoms with Gasteiger partial charge in [-0.25, -0.2) is 0 Å². The lowest BCUT2D eigenvalue weighted by Gasteiger charge is -2.21. The van der Waals surface area contributed by atoms with Crippen LogP contribution in [-0.4, -0.2) is 30.8 Å². The van der Waals surface area contributed by atoms with Gasteiger partial charge >= 0.3 is 0 Å². The summed E-state index contributed by atoms with van der Waals surface area (Å²) in [7, 11) is 3.28. The molecule has 0 bridgehead atoms. The third-order valence-corrected chi connectivity index (χ3v) is 3.86. The van der Waals surface area contributed by atoms with E-state index in [0.29, 0.717) is 11.3 Å². The number of benzene rings is 2. The molecule has 0 radical (unpaired) electrons. The molecule has 0 aliphatic rings. The van der Waals surface area contributed by atoms with E-state index in [1.54, 1.807) is 44.4 Å². The van der Waals surface area contributed by atoms with Crippen molar-refractivity contribution in [3.8, 4) is 11.7 Å². The normalized spacial score (nSPS) is 11.5. The van der Waals surface area contributed by atoms with Crippen molar-refractivity contribution >= 4 is 11.8 Å². The van der Waals surface area contributed by atoms with Gasteiger partial charge in [0.15, 0.2) is 5.76 Å². The van der Waals surface area contributed by atoms with Gasteiger partial charge in [0.1, 0.15) is 11.8 Å². The number of likely N-dealkylation sites (N-methyl/N-ethyl adjacent to an activating group) is 1. The molecule has 0 fully saturated rings. The number of carbonyl (C=O) groups excluding carboxylic acids is 2. The second-order valence-electron chi connectivity index (χ2n) is 6.08. The zero-order valence-corrected chi connectivity index (χ0v) is 15.1. The second kappa shape index (κ2) is 8.23. The molecule has 3 rings (SSSR count). The van der Waals surface area contributed by atoms with E-state index >= 15 is 0 Å². The molecule has 0 saturated carbocycles. The molecule has 6 nitrogen and oxygen atoms in total. The van der Waals surface area contributed by atoms with Crippen molar-refractivity contribution in [1.29, 1.82) is 0 Å². The molecule has 0 aliphatic carbocycles. The fourth-order valence-corrected chi connectivity index (χ4v) is 2.50. The van der Waals surface area contributed by atoms with Crippen LogP contribution in [-0.2, 0) is 4.79 Å². The van der Waals surface area contributed by atoms with Gasteiger partial charge in [0.05, 0.1) is 0 Å². The van der Waals surface area contributed by atoms with Crippen molar-refractivity contribution in [2.75, 3.05) is 14.1 Å². The largest absolute Gasteiger partial charge is 0.426 e. The number of furan rings is 1. The van der Waals surface area contributed by atoms with Crippen molar-refractivity contribution in [3.63, 3.8) is 0 Å². The SMILES string of the molecule is CN(C)C(=O)[C@H](NC(=O)c1ccc(Oc2ccccc2)o1)c1ccccc1. The van der Waals surface area contributed by atoms with Crippen LogP contribution in [0, 0.1) is 0 Å². The number of carbonyl (C=O) groups is 2. The Kier molecular flexibility index (Phi) is 5.56. The summed E-state index contributed by atoms with van der Waals surface area (Å²) in [6, 6.07) is 20.4. The zero-order valence-electron chi connectivity index (χ0n) is 15.1. The van der Waals surface area contributed by atoms with Crippen LogP contribution in [0.2, 0.25) is 0 Å². The Bertz CT molecular complexity index is 904. The number of hydrogen-bond donors (Lipinski definition) is 1. The van der Waals surface area contributed by atoms with Gasteiger partial charge in [0, 0.05) is 20.2 Å². The van der Waals surface area contributed by atoms with Crippen LogP contribution < -0.4 is 10.1 Å². The highest BCUT2D eigenvalue weighted by molar-refractivity contribution is 5.96. The van der Waals surface area contributed by atoms with E-state index in [4.69, 9.17) is 9.15 Å². The number of rotatable bonds is 6. The van der Waals surface area contributed by atoms with Crippen molar-refractivity contribution in [1.82, 2.24) is 10.2 Å². The summed E-state index contributed by atoms with van der Waals surface area (Å²) < 4.78 is 11.0. The first-order valence-corrected chi connectivity index (χ1v) is 8.44. The molecular weight excluding hydrogens is 344 g/mol. The van der Waals surface area contributed by atoms with Crippen LogP contribution >= 0.6 is 0 Å². The number of hydrogen-bond acceptors (Lipinski definition) is 4. The van der Waals surface area contributed by atoms with Crippen LogP contribution in [0.25, 0.3) is 0 Å². The van der Waals surface area contributed by atoms with E-state index in [9.17, 15) is 9.59 Å². The molecule has 138 valence electrons. The third kappa shape index (κ3) is 4.55. The van der Waals surface area contributed by atoms with Gasteiger partial charge in [-0.1, -0.05) is 48.5 Å². The quantitative estimate of drug-likeness (QED) is 0.725. The summed E-state index contributed by atoms with van der Waals surface area (Å²) in [4.78, 5) is 26.5. The Morgan fingerprint density at radius 1 is 0.926 bits per heavy atom. The number of nitrogens with zero attached hydrogens (tertiary/aromatic N) is 1. The average Bonchev–Trinajstić information content (AvgIpc) is 3.15. The van der Waals surface area contributed by atoms with Crippen molar-refractivity contribution in [3.05, 3.63) is 84.1 Å². The molecule has 1 heterocycles. The molecule has 0 saturated heterocycles. The van der Waals surface area contributed by atoms with E-state index in [2.05, 4.69) is 5.32 Å². The lowest BCUT2D eigenvalue weighted by atomic mass is 10.1. The van der Waals surface area contributed by atoms with Crippen LogP contribution in [0.15, 0.2) is 77.2 Å². The third-order valence-electron chi connectivity index (χ3n) is 3.86. The van der Waals surface area contributed by atoms with E-state index in [1.165, 1.54) is 11.0 Å². The van der Waals surface area contributed by atoms with E-state index in [0.717, 1.165) is 0 Å². The summed E-state index contributed by atoms with van der Waals surface area (Å²) in [5.41, 5.74) is 0.692. The zero-order chi connectivity index (χ0) is 19.2. The number of amides is 2. The maximum atomic E-state index is 12.6. The van der Waals surface area contributed by atoms with Gasteiger partial charge in [-0.2, -0.15) is 0 Å². The molecule has 6 heteroatoms. The minimum Gasteiger partial charge on any atom is -0.426 e. The van der Waals surface area contributed by atoms with Gasteiger partial charge in [0.2, 0.25) is 5.91 Å². The molecule has 2 aromatic carbocycles. The first-order chi connectivity index (χ1) is 13.0. The summed E-state index contributed by atoms with van der Waals surface area (Å²) in [6.45, 7) is 0. The molecular formula is C21H20N2O4. The molecule has 3 aromatic rings. The van der Waals surface area contributed by atoms with Gasteiger partial charge < -0.3 is 19.4 Å². The molecule has 27 heavy (non-hydrogen) atoms. The standard InChI is InChI=1S/C21H20N2O4/c1-23(2)21(25)19(15-9-5-3-6-10-15)22-20(24)17-13-14-18(27-17)26-16-11-7-4-8-12-16/h3-14,19H,1-2H3,(H,22,24)/t19-/m1/s1. The van der Waals surface area contributed by atoms with E-state index in [-0.39, 0.29) is 17.6 Å². The van der Waals surface area contributed by atoms with Gasteiger partial charge in [-0.3, -0.25) is 9.59 Å².